The molecule has 0 saturated carbocycles. The summed E-state index contributed by atoms with van der Waals surface area (Å²) in [5.74, 6) is 0.498. The van der Waals surface area contributed by atoms with Gasteiger partial charge >= 0.3 is 0 Å². The average Bonchev–Trinajstić information content (AvgIpc) is 2.48. The first-order chi connectivity index (χ1) is 9.33. The summed E-state index contributed by atoms with van der Waals surface area (Å²) in [6, 6.07) is 9.81. The average molecular weight is 277 g/mol. The van der Waals surface area contributed by atoms with E-state index in [1.54, 1.807) is 6.20 Å². The maximum atomic E-state index is 9.22. The number of aromatic nitrogens is 2. The summed E-state index contributed by atoms with van der Waals surface area (Å²) in [4.78, 5) is 13.7. The third kappa shape index (κ3) is 3.92. The largest absolute Gasteiger partial charge is 0.391 e. The first kappa shape index (κ1) is 13.8. The predicted molar refractivity (Wildman–Crippen MR) is 74.6 cm³/mol. The Balaban J connectivity index is 1.98. The number of aliphatic hydroxyl groups excluding tert-OH is 1. The summed E-state index contributed by atoms with van der Waals surface area (Å²) in [6.45, 7) is 0.288. The van der Waals surface area contributed by atoms with Crippen LogP contribution >= 0.6 is 11.8 Å². The molecule has 2 rings (SSSR count). The van der Waals surface area contributed by atoms with Crippen LogP contribution in [0.4, 0.5) is 5.82 Å². The number of hydrogen-bond acceptors (Lipinski definition) is 6. The van der Waals surface area contributed by atoms with Crippen LogP contribution in [0.5, 0.6) is 0 Å². The summed E-state index contributed by atoms with van der Waals surface area (Å²) in [7, 11) is 0. The van der Waals surface area contributed by atoms with Gasteiger partial charge in [0.2, 0.25) is 0 Å². The van der Waals surface area contributed by atoms with Gasteiger partial charge in [0, 0.05) is 11.8 Å². The van der Waals surface area contributed by atoms with Crippen molar-refractivity contribution in [1.29, 1.82) is 0 Å². The van der Waals surface area contributed by atoms with Crippen LogP contribution in [0.2, 0.25) is 0 Å². The van der Waals surface area contributed by atoms with Crippen molar-refractivity contribution in [2.75, 3.05) is 11.7 Å². The van der Waals surface area contributed by atoms with E-state index < -0.39 is 0 Å². The van der Waals surface area contributed by atoms with E-state index in [0.29, 0.717) is 23.1 Å². The van der Waals surface area contributed by atoms with E-state index in [1.807, 2.05) is 36.6 Å². The van der Waals surface area contributed by atoms with E-state index in [1.165, 1.54) is 11.8 Å². The number of benzene rings is 1. The lowest BCUT2D eigenvalue weighted by Gasteiger charge is -2.10. The van der Waals surface area contributed by atoms with Crippen molar-refractivity contribution >= 4 is 17.6 Å². The normalized spacial score (nSPS) is 10.4. The highest BCUT2D eigenvalue weighted by Gasteiger charge is 2.06. The molecule has 0 unspecified atom stereocenters. The summed E-state index contributed by atoms with van der Waals surface area (Å²) in [5.41, 5.74) is 4.42. The number of hydrogen-bond donors (Lipinski definition) is 2. The van der Waals surface area contributed by atoms with Gasteiger partial charge in [0.15, 0.2) is 11.0 Å². The standard InChI is InChI=1S/C13H15N3O2S/c1-19-13-14-7-11(8-17)12(15-13)16-18-9-10-5-3-2-4-6-10/h2-7,17H,8-9H2,1H3,(H,14,15,16). The molecule has 19 heavy (non-hydrogen) atoms. The molecule has 0 aliphatic rings. The topological polar surface area (TPSA) is 67.3 Å². The number of nitrogens with one attached hydrogen (secondary N) is 1. The Bertz CT molecular complexity index is 523. The molecule has 2 aromatic rings. The number of anilines is 1. The van der Waals surface area contributed by atoms with Crippen LogP contribution in [0.3, 0.4) is 0 Å². The van der Waals surface area contributed by atoms with Crippen LogP contribution in [0.1, 0.15) is 11.1 Å². The maximum Gasteiger partial charge on any atom is 0.189 e. The lowest BCUT2D eigenvalue weighted by Crippen LogP contribution is -2.07. The molecule has 6 heteroatoms. The first-order valence-corrected chi connectivity index (χ1v) is 6.98. The first-order valence-electron chi connectivity index (χ1n) is 5.76. The summed E-state index contributed by atoms with van der Waals surface area (Å²) in [5, 5.41) is 9.84. The van der Waals surface area contributed by atoms with Gasteiger partial charge in [-0.2, -0.15) is 0 Å². The van der Waals surface area contributed by atoms with E-state index in [9.17, 15) is 5.11 Å². The predicted octanol–water partition coefficient (Wildman–Crippen LogP) is 2.23. The SMILES string of the molecule is CSc1ncc(CO)c(NOCc2ccccc2)n1. The van der Waals surface area contributed by atoms with E-state index >= 15 is 0 Å². The second-order valence-electron chi connectivity index (χ2n) is 3.76. The molecule has 0 spiro atoms. The number of nitrogens with zero attached hydrogens (tertiary/aromatic N) is 2. The highest BCUT2D eigenvalue weighted by atomic mass is 32.2. The Morgan fingerprint density at radius 1 is 1.32 bits per heavy atom. The molecule has 0 aliphatic carbocycles. The summed E-state index contributed by atoms with van der Waals surface area (Å²) in [6.07, 6.45) is 3.48. The van der Waals surface area contributed by atoms with Crippen molar-refractivity contribution in [3.05, 3.63) is 47.7 Å². The molecule has 1 heterocycles. The van der Waals surface area contributed by atoms with Crippen molar-refractivity contribution in [3.8, 4) is 0 Å². The van der Waals surface area contributed by atoms with Crippen molar-refractivity contribution < 1.29 is 9.94 Å². The maximum absolute atomic E-state index is 9.22. The van der Waals surface area contributed by atoms with Gasteiger partial charge in [0.25, 0.3) is 0 Å². The van der Waals surface area contributed by atoms with Gasteiger partial charge < -0.3 is 5.11 Å². The Kier molecular flexibility index (Phi) is 5.14. The molecule has 0 saturated heterocycles. The minimum absolute atomic E-state index is 0.133. The molecule has 0 atom stereocenters. The van der Waals surface area contributed by atoms with Gasteiger partial charge in [-0.15, -0.1) is 0 Å². The Labute approximate surface area is 116 Å². The monoisotopic (exact) mass is 277 g/mol. The van der Waals surface area contributed by atoms with E-state index in [-0.39, 0.29) is 6.61 Å². The molecule has 1 aromatic heterocycles. The Hall–Kier alpha value is -1.63. The fourth-order valence-electron chi connectivity index (χ4n) is 1.46. The molecule has 1 aromatic carbocycles. The van der Waals surface area contributed by atoms with Crippen LogP contribution < -0.4 is 5.48 Å². The molecule has 5 nitrogen and oxygen atoms in total. The van der Waals surface area contributed by atoms with Crippen LogP contribution in [-0.4, -0.2) is 21.3 Å². The van der Waals surface area contributed by atoms with Crippen LogP contribution in [0.15, 0.2) is 41.7 Å². The van der Waals surface area contributed by atoms with Gasteiger partial charge in [-0.1, -0.05) is 42.1 Å². The molecule has 0 bridgehead atoms. The molecule has 0 radical (unpaired) electrons. The zero-order chi connectivity index (χ0) is 13.5. The Morgan fingerprint density at radius 3 is 2.79 bits per heavy atom. The third-order valence-corrected chi connectivity index (χ3v) is 3.01. The van der Waals surface area contributed by atoms with Crippen LogP contribution in [0, 0.1) is 0 Å². The van der Waals surface area contributed by atoms with E-state index in [0.717, 1.165) is 5.56 Å². The number of aliphatic hydroxyl groups is 1. The minimum atomic E-state index is -0.133. The fraction of sp³-hybridized carbons (Fsp3) is 0.231. The zero-order valence-electron chi connectivity index (χ0n) is 10.5. The van der Waals surface area contributed by atoms with Gasteiger partial charge in [-0.25, -0.2) is 15.4 Å². The summed E-state index contributed by atoms with van der Waals surface area (Å²) < 4.78 is 0. The summed E-state index contributed by atoms with van der Waals surface area (Å²) >= 11 is 1.43. The smallest absolute Gasteiger partial charge is 0.189 e. The highest BCUT2D eigenvalue weighted by molar-refractivity contribution is 7.98. The van der Waals surface area contributed by atoms with E-state index in [4.69, 9.17) is 4.84 Å². The second-order valence-corrected chi connectivity index (χ2v) is 4.54. The molecule has 2 N–H and O–H groups in total. The Morgan fingerprint density at radius 2 is 2.11 bits per heavy atom. The van der Waals surface area contributed by atoms with Crippen molar-refractivity contribution in [2.45, 2.75) is 18.4 Å². The lowest BCUT2D eigenvalue weighted by atomic mass is 10.2. The zero-order valence-corrected chi connectivity index (χ0v) is 11.4. The van der Waals surface area contributed by atoms with Crippen molar-refractivity contribution in [3.63, 3.8) is 0 Å². The quantitative estimate of drug-likeness (QED) is 0.479. The fourth-order valence-corrected chi connectivity index (χ4v) is 1.80. The minimum Gasteiger partial charge on any atom is -0.391 e. The van der Waals surface area contributed by atoms with Crippen LogP contribution in [0.25, 0.3) is 0 Å². The molecule has 100 valence electrons. The van der Waals surface area contributed by atoms with Crippen LogP contribution in [-0.2, 0) is 18.1 Å². The van der Waals surface area contributed by atoms with Gasteiger partial charge in [-0.3, -0.25) is 4.84 Å². The van der Waals surface area contributed by atoms with Gasteiger partial charge in [0.1, 0.15) is 0 Å². The second kappa shape index (κ2) is 7.08. The van der Waals surface area contributed by atoms with Crippen molar-refractivity contribution in [1.82, 2.24) is 9.97 Å². The molecule has 0 fully saturated rings. The molecule has 0 amide bonds. The molecular weight excluding hydrogens is 262 g/mol. The number of rotatable bonds is 6. The molecular formula is C13H15N3O2S. The lowest BCUT2D eigenvalue weighted by molar-refractivity contribution is 0.177. The molecule has 0 aliphatic heterocycles. The van der Waals surface area contributed by atoms with Gasteiger partial charge in [0.05, 0.1) is 13.2 Å². The number of thioether (sulfide) groups is 1. The van der Waals surface area contributed by atoms with Gasteiger partial charge in [-0.05, 0) is 11.8 Å². The third-order valence-electron chi connectivity index (χ3n) is 2.45. The highest BCUT2D eigenvalue weighted by Crippen LogP contribution is 2.16. The van der Waals surface area contributed by atoms with Crippen molar-refractivity contribution in [2.24, 2.45) is 0 Å². The van der Waals surface area contributed by atoms with E-state index in [2.05, 4.69) is 15.4 Å².